The fourth-order valence-electron chi connectivity index (χ4n) is 2.62. The molecule has 3 nitrogen and oxygen atoms in total. The fraction of sp³-hybridized carbons (Fsp3) is 0.562. The minimum absolute atomic E-state index is 0.100. The Labute approximate surface area is 125 Å². The van der Waals surface area contributed by atoms with Crippen LogP contribution in [0.2, 0.25) is 5.02 Å². The van der Waals surface area contributed by atoms with E-state index >= 15 is 0 Å². The summed E-state index contributed by atoms with van der Waals surface area (Å²) in [7, 11) is 0. The second-order valence-corrected chi connectivity index (χ2v) is 5.66. The number of nitrogens with one attached hydrogen (secondary N) is 1. The maximum atomic E-state index is 11.2. The zero-order valence-electron chi connectivity index (χ0n) is 11.9. The summed E-state index contributed by atoms with van der Waals surface area (Å²) >= 11 is 6.20. The smallest absolute Gasteiger partial charge is 0.305 e. The van der Waals surface area contributed by atoms with Gasteiger partial charge in [0.05, 0.1) is 6.61 Å². The molecule has 0 radical (unpaired) electrons. The van der Waals surface area contributed by atoms with Gasteiger partial charge in [0, 0.05) is 17.5 Å². The number of carbonyl (C=O) groups excluding carboxylic acids is 1. The average molecular weight is 296 g/mol. The summed E-state index contributed by atoms with van der Waals surface area (Å²) in [6, 6.07) is 8.64. The number of benzene rings is 1. The van der Waals surface area contributed by atoms with Crippen molar-refractivity contribution in [3.05, 3.63) is 34.9 Å². The number of hydrogen-bond donors (Lipinski definition) is 1. The van der Waals surface area contributed by atoms with Crippen LogP contribution in [-0.2, 0) is 9.53 Å². The SMILES string of the molecule is CCOC(=O)CCCNC1CC(c2ccccc2Cl)C1. The van der Waals surface area contributed by atoms with E-state index in [0.717, 1.165) is 30.8 Å². The van der Waals surface area contributed by atoms with Crippen molar-refractivity contribution in [2.75, 3.05) is 13.2 Å². The largest absolute Gasteiger partial charge is 0.466 e. The Balaban J connectivity index is 1.60. The van der Waals surface area contributed by atoms with E-state index in [2.05, 4.69) is 11.4 Å². The van der Waals surface area contributed by atoms with E-state index in [1.807, 2.05) is 25.1 Å². The molecule has 0 aromatic heterocycles. The summed E-state index contributed by atoms with van der Waals surface area (Å²) in [6.07, 6.45) is 3.60. The van der Waals surface area contributed by atoms with Crippen LogP contribution in [0.3, 0.4) is 0 Å². The molecule has 0 saturated heterocycles. The number of ether oxygens (including phenoxy) is 1. The number of esters is 1. The van der Waals surface area contributed by atoms with E-state index in [1.54, 1.807) is 0 Å². The molecule has 0 spiro atoms. The molecule has 0 bridgehead atoms. The lowest BCUT2D eigenvalue weighted by Crippen LogP contribution is -2.40. The van der Waals surface area contributed by atoms with E-state index in [4.69, 9.17) is 16.3 Å². The van der Waals surface area contributed by atoms with Crippen molar-refractivity contribution in [1.82, 2.24) is 5.32 Å². The number of rotatable bonds is 7. The highest BCUT2D eigenvalue weighted by Gasteiger charge is 2.30. The molecule has 1 aliphatic rings. The lowest BCUT2D eigenvalue weighted by Gasteiger charge is -2.36. The highest BCUT2D eigenvalue weighted by molar-refractivity contribution is 6.31. The van der Waals surface area contributed by atoms with Crippen LogP contribution in [0.5, 0.6) is 0 Å². The predicted octanol–water partition coefficient (Wildman–Crippen LogP) is 3.52. The van der Waals surface area contributed by atoms with Crippen molar-refractivity contribution in [2.24, 2.45) is 0 Å². The molecule has 1 N–H and O–H groups in total. The minimum atomic E-state index is -0.100. The minimum Gasteiger partial charge on any atom is -0.466 e. The second-order valence-electron chi connectivity index (χ2n) is 5.25. The van der Waals surface area contributed by atoms with E-state index in [-0.39, 0.29) is 5.97 Å². The van der Waals surface area contributed by atoms with E-state index < -0.39 is 0 Å². The predicted molar refractivity (Wildman–Crippen MR) is 81.1 cm³/mol. The molecule has 1 fully saturated rings. The quantitative estimate of drug-likeness (QED) is 0.618. The molecule has 110 valence electrons. The average Bonchev–Trinajstić information content (AvgIpc) is 2.38. The van der Waals surface area contributed by atoms with Gasteiger partial charge in [0.15, 0.2) is 0 Å². The summed E-state index contributed by atoms with van der Waals surface area (Å²) in [5.41, 5.74) is 1.26. The molecule has 0 heterocycles. The van der Waals surface area contributed by atoms with E-state index in [0.29, 0.717) is 25.0 Å². The summed E-state index contributed by atoms with van der Waals surface area (Å²) in [5.74, 6) is 0.475. The Kier molecular flexibility index (Phi) is 5.86. The molecule has 1 saturated carbocycles. The molecule has 0 aliphatic heterocycles. The molecule has 1 aromatic carbocycles. The Hall–Kier alpha value is -1.06. The van der Waals surface area contributed by atoms with Crippen molar-refractivity contribution in [3.63, 3.8) is 0 Å². The van der Waals surface area contributed by atoms with Crippen molar-refractivity contribution in [1.29, 1.82) is 0 Å². The van der Waals surface area contributed by atoms with Crippen LogP contribution in [0.15, 0.2) is 24.3 Å². The van der Waals surface area contributed by atoms with E-state index in [9.17, 15) is 4.79 Å². The van der Waals surface area contributed by atoms with Gasteiger partial charge in [-0.05, 0) is 50.3 Å². The zero-order valence-corrected chi connectivity index (χ0v) is 12.7. The number of hydrogen-bond acceptors (Lipinski definition) is 3. The first-order valence-electron chi connectivity index (χ1n) is 7.34. The van der Waals surface area contributed by atoms with Crippen molar-refractivity contribution < 1.29 is 9.53 Å². The van der Waals surface area contributed by atoms with Gasteiger partial charge >= 0.3 is 5.97 Å². The van der Waals surface area contributed by atoms with Crippen LogP contribution in [0, 0.1) is 0 Å². The van der Waals surface area contributed by atoms with Gasteiger partial charge in [-0.1, -0.05) is 29.8 Å². The molecule has 0 atom stereocenters. The Bertz CT molecular complexity index is 444. The summed E-state index contributed by atoms with van der Waals surface area (Å²) in [6.45, 7) is 3.17. The van der Waals surface area contributed by atoms with Crippen LogP contribution in [-0.4, -0.2) is 25.2 Å². The third-order valence-corrected chi connectivity index (χ3v) is 4.12. The van der Waals surface area contributed by atoms with Gasteiger partial charge in [0.25, 0.3) is 0 Å². The standard InChI is InChI=1S/C16H22ClNO2/c1-2-20-16(19)8-5-9-18-13-10-12(11-13)14-6-3-4-7-15(14)17/h3-4,6-7,12-13,18H,2,5,8-11H2,1H3. The van der Waals surface area contributed by atoms with E-state index in [1.165, 1.54) is 5.56 Å². The first-order chi connectivity index (χ1) is 9.70. The lowest BCUT2D eigenvalue weighted by atomic mass is 9.76. The molecule has 1 aliphatic carbocycles. The third kappa shape index (κ3) is 4.22. The molecule has 1 aromatic rings. The Morgan fingerprint density at radius 2 is 2.15 bits per heavy atom. The third-order valence-electron chi connectivity index (χ3n) is 3.78. The van der Waals surface area contributed by atoms with Crippen molar-refractivity contribution in [2.45, 2.75) is 44.6 Å². The van der Waals surface area contributed by atoms with Crippen molar-refractivity contribution in [3.8, 4) is 0 Å². The molecule has 0 amide bonds. The van der Waals surface area contributed by atoms with Gasteiger partial charge in [-0.3, -0.25) is 4.79 Å². The number of halogens is 1. The topological polar surface area (TPSA) is 38.3 Å². The normalized spacial score (nSPS) is 21.3. The van der Waals surface area contributed by atoms with Gasteiger partial charge in [-0.15, -0.1) is 0 Å². The maximum absolute atomic E-state index is 11.2. The molecule has 4 heteroatoms. The monoisotopic (exact) mass is 295 g/mol. The van der Waals surface area contributed by atoms with Crippen LogP contribution in [0.25, 0.3) is 0 Å². The van der Waals surface area contributed by atoms with Gasteiger partial charge < -0.3 is 10.1 Å². The lowest BCUT2D eigenvalue weighted by molar-refractivity contribution is -0.143. The van der Waals surface area contributed by atoms with Crippen LogP contribution in [0.4, 0.5) is 0 Å². The molecular formula is C16H22ClNO2. The Morgan fingerprint density at radius 3 is 2.85 bits per heavy atom. The van der Waals surface area contributed by atoms with Gasteiger partial charge in [-0.2, -0.15) is 0 Å². The van der Waals surface area contributed by atoms with Gasteiger partial charge in [0.2, 0.25) is 0 Å². The highest BCUT2D eigenvalue weighted by atomic mass is 35.5. The summed E-state index contributed by atoms with van der Waals surface area (Å²) in [5, 5.41) is 4.36. The first kappa shape index (κ1) is 15.3. The van der Waals surface area contributed by atoms with Gasteiger partial charge in [0.1, 0.15) is 0 Å². The fourth-order valence-corrected chi connectivity index (χ4v) is 2.91. The zero-order chi connectivity index (χ0) is 14.4. The number of carbonyl (C=O) groups is 1. The van der Waals surface area contributed by atoms with Crippen LogP contribution >= 0.6 is 11.6 Å². The molecule has 2 rings (SSSR count). The maximum Gasteiger partial charge on any atom is 0.305 e. The molecular weight excluding hydrogens is 274 g/mol. The Morgan fingerprint density at radius 1 is 1.40 bits per heavy atom. The summed E-state index contributed by atoms with van der Waals surface area (Å²) < 4.78 is 4.90. The molecule has 20 heavy (non-hydrogen) atoms. The highest BCUT2D eigenvalue weighted by Crippen LogP contribution is 2.39. The van der Waals surface area contributed by atoms with Gasteiger partial charge in [-0.25, -0.2) is 0 Å². The second kappa shape index (κ2) is 7.65. The first-order valence-corrected chi connectivity index (χ1v) is 7.72. The van der Waals surface area contributed by atoms with Crippen LogP contribution in [0.1, 0.15) is 44.1 Å². The van der Waals surface area contributed by atoms with Crippen molar-refractivity contribution >= 4 is 17.6 Å². The van der Waals surface area contributed by atoms with Crippen LogP contribution < -0.4 is 5.32 Å². The molecule has 0 unspecified atom stereocenters. The summed E-state index contributed by atoms with van der Waals surface area (Å²) in [4.78, 5) is 11.2.